The Morgan fingerprint density at radius 2 is 1.58 bits per heavy atom. The van der Waals surface area contributed by atoms with Gasteiger partial charge in [0.05, 0.1) is 17.6 Å². The molecular formula is C24H16Cl4N2O3. The van der Waals surface area contributed by atoms with Gasteiger partial charge in [-0.15, -0.1) is 0 Å². The lowest BCUT2D eigenvalue weighted by Gasteiger charge is -2.10. The summed E-state index contributed by atoms with van der Waals surface area (Å²) in [4.78, 5) is 25.8. The lowest BCUT2D eigenvalue weighted by Crippen LogP contribution is -2.30. The van der Waals surface area contributed by atoms with E-state index in [9.17, 15) is 14.7 Å². The number of carbonyl (C=O) groups is 2. The number of nitrogens with one attached hydrogen (secondary N) is 1. The first-order valence-electron chi connectivity index (χ1n) is 9.76. The molecule has 0 aliphatic carbocycles. The van der Waals surface area contributed by atoms with E-state index < -0.39 is 11.7 Å². The minimum atomic E-state index is -0.821. The highest BCUT2D eigenvalue weighted by Gasteiger charge is 2.27. The van der Waals surface area contributed by atoms with Gasteiger partial charge in [-0.3, -0.25) is 9.59 Å². The summed E-state index contributed by atoms with van der Waals surface area (Å²) in [6.07, 6.45) is 0. The number of amides is 1. The fourth-order valence-electron chi connectivity index (χ4n) is 3.48. The molecule has 0 aliphatic rings. The van der Waals surface area contributed by atoms with E-state index in [1.165, 1.54) is 12.1 Å². The van der Waals surface area contributed by atoms with Crippen LogP contribution in [0.1, 0.15) is 21.5 Å². The third kappa shape index (κ3) is 4.97. The fourth-order valence-corrected chi connectivity index (χ4v) is 4.41. The summed E-state index contributed by atoms with van der Waals surface area (Å²) >= 11 is 24.8. The number of hydrogen-bond donors (Lipinski definition) is 2. The Kier molecular flexibility index (Phi) is 6.86. The van der Waals surface area contributed by atoms with Crippen molar-refractivity contribution in [2.24, 2.45) is 0 Å². The lowest BCUT2D eigenvalue weighted by molar-refractivity contribution is -0.117. The first-order chi connectivity index (χ1) is 15.7. The van der Waals surface area contributed by atoms with Crippen molar-refractivity contribution in [3.63, 3.8) is 0 Å². The van der Waals surface area contributed by atoms with Crippen LogP contribution >= 0.6 is 46.4 Å². The SMILES string of the molecule is O=C(NCc1ccc(Cl)cc1)C(=O)c1c(Cl)n(Cc2ccc(Cl)cc2Cl)c2ccc(O)cc12. The molecule has 168 valence electrons. The summed E-state index contributed by atoms with van der Waals surface area (Å²) in [5.74, 6) is -1.69. The van der Waals surface area contributed by atoms with Gasteiger partial charge in [-0.1, -0.05) is 64.6 Å². The minimum absolute atomic E-state index is 0.00117. The van der Waals surface area contributed by atoms with E-state index in [-0.39, 0.29) is 29.6 Å². The Hall–Kier alpha value is -2.70. The van der Waals surface area contributed by atoms with Gasteiger partial charge in [-0.05, 0) is 53.6 Å². The molecule has 1 aromatic heterocycles. The zero-order valence-electron chi connectivity index (χ0n) is 16.9. The Bertz CT molecular complexity index is 1380. The molecule has 1 heterocycles. The van der Waals surface area contributed by atoms with Crippen molar-refractivity contribution >= 4 is 69.0 Å². The van der Waals surface area contributed by atoms with Crippen LogP contribution in [0.2, 0.25) is 20.2 Å². The molecule has 0 aliphatic heterocycles. The molecule has 5 nitrogen and oxygen atoms in total. The highest BCUT2D eigenvalue weighted by atomic mass is 35.5. The summed E-state index contributed by atoms with van der Waals surface area (Å²) in [7, 11) is 0. The van der Waals surface area contributed by atoms with Gasteiger partial charge >= 0.3 is 0 Å². The standard InChI is InChI=1S/C24H16Cl4N2O3/c25-15-4-1-13(2-5-15)11-29-24(33)22(32)21-18-10-17(31)7-8-20(18)30(23(21)28)12-14-3-6-16(26)9-19(14)27/h1-10,31H,11-12H2,(H,29,33). The van der Waals surface area contributed by atoms with Gasteiger partial charge in [0.2, 0.25) is 0 Å². The van der Waals surface area contributed by atoms with E-state index in [1.54, 1.807) is 53.1 Å². The second-order valence-electron chi connectivity index (χ2n) is 7.33. The van der Waals surface area contributed by atoms with Crippen LogP contribution < -0.4 is 5.32 Å². The topological polar surface area (TPSA) is 71.3 Å². The zero-order valence-corrected chi connectivity index (χ0v) is 19.9. The zero-order chi connectivity index (χ0) is 23.7. The monoisotopic (exact) mass is 520 g/mol. The molecule has 2 N–H and O–H groups in total. The molecule has 1 amide bonds. The number of phenolic OH excluding ortho intramolecular Hbond substituents is 1. The third-order valence-corrected chi connectivity index (χ3v) is 6.36. The number of rotatable bonds is 6. The summed E-state index contributed by atoms with van der Waals surface area (Å²) in [5.41, 5.74) is 2.07. The molecule has 4 rings (SSSR count). The molecule has 0 atom stereocenters. The lowest BCUT2D eigenvalue weighted by atomic mass is 10.1. The van der Waals surface area contributed by atoms with Gasteiger partial charge in [0.1, 0.15) is 10.9 Å². The van der Waals surface area contributed by atoms with E-state index >= 15 is 0 Å². The summed E-state index contributed by atoms with van der Waals surface area (Å²) in [6, 6.07) is 16.5. The largest absolute Gasteiger partial charge is 0.508 e. The predicted octanol–water partition coefficient (Wildman–Crippen LogP) is 6.51. The number of phenols is 1. The minimum Gasteiger partial charge on any atom is -0.508 e. The van der Waals surface area contributed by atoms with Gasteiger partial charge in [0, 0.05) is 27.0 Å². The van der Waals surface area contributed by atoms with E-state index in [2.05, 4.69) is 5.32 Å². The highest BCUT2D eigenvalue weighted by molar-refractivity contribution is 6.49. The number of aromatic nitrogens is 1. The number of carbonyl (C=O) groups excluding carboxylic acids is 2. The smallest absolute Gasteiger partial charge is 0.292 e. The quantitative estimate of drug-likeness (QED) is 0.224. The van der Waals surface area contributed by atoms with Crippen molar-refractivity contribution in [2.75, 3.05) is 0 Å². The number of Topliss-reactive ketones (excluding diaryl/α,β-unsaturated/α-hetero) is 1. The molecule has 0 fully saturated rings. The number of aromatic hydroxyl groups is 1. The summed E-state index contributed by atoms with van der Waals surface area (Å²) < 4.78 is 1.66. The number of ketones is 1. The first-order valence-corrected chi connectivity index (χ1v) is 11.3. The number of fused-ring (bicyclic) bond motifs is 1. The van der Waals surface area contributed by atoms with Crippen LogP contribution in [-0.4, -0.2) is 21.4 Å². The molecule has 0 saturated heterocycles. The molecule has 0 spiro atoms. The van der Waals surface area contributed by atoms with Gasteiger partial charge < -0.3 is 15.0 Å². The van der Waals surface area contributed by atoms with Crippen molar-refractivity contribution in [1.29, 1.82) is 0 Å². The average molecular weight is 522 g/mol. The van der Waals surface area contributed by atoms with Crippen LogP contribution in [0.25, 0.3) is 10.9 Å². The van der Waals surface area contributed by atoms with Crippen molar-refractivity contribution in [2.45, 2.75) is 13.1 Å². The van der Waals surface area contributed by atoms with E-state index in [0.717, 1.165) is 11.1 Å². The van der Waals surface area contributed by atoms with Crippen LogP contribution in [0.3, 0.4) is 0 Å². The van der Waals surface area contributed by atoms with Crippen LogP contribution in [0.15, 0.2) is 60.7 Å². The Balaban J connectivity index is 1.68. The number of halogens is 4. The molecule has 0 radical (unpaired) electrons. The predicted molar refractivity (Wildman–Crippen MR) is 132 cm³/mol. The van der Waals surface area contributed by atoms with Crippen molar-refractivity contribution in [3.8, 4) is 5.75 Å². The van der Waals surface area contributed by atoms with E-state index in [0.29, 0.717) is 26.0 Å². The molecule has 9 heteroatoms. The summed E-state index contributed by atoms with van der Waals surface area (Å²) in [5, 5.41) is 14.5. The van der Waals surface area contributed by atoms with Crippen molar-refractivity contribution < 1.29 is 14.7 Å². The highest BCUT2D eigenvalue weighted by Crippen LogP contribution is 2.34. The van der Waals surface area contributed by atoms with E-state index in [1.807, 2.05) is 0 Å². The van der Waals surface area contributed by atoms with E-state index in [4.69, 9.17) is 46.4 Å². The molecule has 0 unspecified atom stereocenters. The van der Waals surface area contributed by atoms with Gasteiger partial charge in [-0.25, -0.2) is 0 Å². The first kappa shape index (κ1) is 23.5. The Morgan fingerprint density at radius 3 is 2.27 bits per heavy atom. The van der Waals surface area contributed by atoms with Gasteiger partial charge in [0.15, 0.2) is 0 Å². The second kappa shape index (κ2) is 9.65. The fraction of sp³-hybridized carbons (Fsp3) is 0.0833. The Labute approximate surface area is 209 Å². The second-order valence-corrected chi connectivity index (χ2v) is 8.97. The third-order valence-electron chi connectivity index (χ3n) is 5.13. The maximum Gasteiger partial charge on any atom is 0.292 e. The molecule has 3 aromatic carbocycles. The molecule has 0 bridgehead atoms. The molecule has 0 saturated carbocycles. The Morgan fingerprint density at radius 1 is 0.879 bits per heavy atom. The van der Waals surface area contributed by atoms with Crippen LogP contribution in [0.5, 0.6) is 5.75 Å². The average Bonchev–Trinajstić information content (AvgIpc) is 3.04. The molecule has 4 aromatic rings. The van der Waals surface area contributed by atoms with Crippen LogP contribution in [0.4, 0.5) is 0 Å². The number of benzene rings is 3. The maximum atomic E-state index is 13.1. The van der Waals surface area contributed by atoms with Crippen molar-refractivity contribution in [3.05, 3.63) is 97.6 Å². The van der Waals surface area contributed by atoms with Crippen LogP contribution in [-0.2, 0) is 17.9 Å². The molecule has 33 heavy (non-hydrogen) atoms. The van der Waals surface area contributed by atoms with Crippen LogP contribution in [0, 0.1) is 0 Å². The number of hydrogen-bond acceptors (Lipinski definition) is 3. The molecular weight excluding hydrogens is 506 g/mol. The van der Waals surface area contributed by atoms with Gasteiger partial charge in [0.25, 0.3) is 11.7 Å². The normalized spacial score (nSPS) is 11.0. The maximum absolute atomic E-state index is 13.1. The van der Waals surface area contributed by atoms with Crippen molar-refractivity contribution in [1.82, 2.24) is 9.88 Å². The van der Waals surface area contributed by atoms with Gasteiger partial charge in [-0.2, -0.15) is 0 Å². The number of nitrogens with zero attached hydrogens (tertiary/aromatic N) is 1. The summed E-state index contributed by atoms with van der Waals surface area (Å²) in [6.45, 7) is 0.374.